The molecule has 0 saturated carbocycles. The Morgan fingerprint density at radius 2 is 1.74 bits per heavy atom. The summed E-state index contributed by atoms with van der Waals surface area (Å²) in [6, 6.07) is 7.86. The summed E-state index contributed by atoms with van der Waals surface area (Å²) >= 11 is 0. The van der Waals surface area contributed by atoms with Crippen LogP contribution in [0.5, 0.6) is 0 Å². The molecular formula is C13H18N6. The molecule has 2 rings (SSSR count). The molecular weight excluding hydrogens is 240 g/mol. The number of amidine groups is 1. The van der Waals surface area contributed by atoms with E-state index in [2.05, 4.69) is 15.2 Å². The van der Waals surface area contributed by atoms with Gasteiger partial charge in [0.1, 0.15) is 5.71 Å². The molecule has 0 aliphatic carbocycles. The van der Waals surface area contributed by atoms with E-state index >= 15 is 0 Å². The SMILES string of the molecule is CN(C)c1ccc(N=C2C(=N)N=NC2N(C)C)cc1. The lowest BCUT2D eigenvalue weighted by molar-refractivity contribution is 0.369. The fraction of sp³-hybridized carbons (Fsp3) is 0.385. The van der Waals surface area contributed by atoms with Crippen molar-refractivity contribution < 1.29 is 0 Å². The van der Waals surface area contributed by atoms with Gasteiger partial charge < -0.3 is 4.90 Å². The van der Waals surface area contributed by atoms with Gasteiger partial charge in [-0.3, -0.25) is 10.3 Å². The first kappa shape index (κ1) is 13.4. The van der Waals surface area contributed by atoms with Crippen LogP contribution in [0.2, 0.25) is 0 Å². The van der Waals surface area contributed by atoms with Crippen LogP contribution in [0.1, 0.15) is 0 Å². The molecule has 0 spiro atoms. The second kappa shape index (κ2) is 5.27. The summed E-state index contributed by atoms with van der Waals surface area (Å²) in [5.41, 5.74) is 2.51. The van der Waals surface area contributed by atoms with E-state index in [1.165, 1.54) is 0 Å². The van der Waals surface area contributed by atoms with E-state index in [1.807, 2.05) is 62.3 Å². The highest BCUT2D eigenvalue weighted by Crippen LogP contribution is 2.21. The zero-order valence-electron chi connectivity index (χ0n) is 11.6. The van der Waals surface area contributed by atoms with Gasteiger partial charge in [-0.2, -0.15) is 5.11 Å². The summed E-state index contributed by atoms with van der Waals surface area (Å²) in [6.07, 6.45) is -0.263. The highest BCUT2D eigenvalue weighted by atomic mass is 15.3. The molecule has 0 aromatic heterocycles. The third-order valence-corrected chi connectivity index (χ3v) is 2.86. The average molecular weight is 258 g/mol. The molecule has 0 saturated heterocycles. The molecule has 6 nitrogen and oxygen atoms in total. The van der Waals surface area contributed by atoms with E-state index in [9.17, 15) is 0 Å². The van der Waals surface area contributed by atoms with Crippen LogP contribution in [0.15, 0.2) is 39.5 Å². The van der Waals surface area contributed by atoms with Gasteiger partial charge in [0.15, 0.2) is 12.0 Å². The lowest BCUT2D eigenvalue weighted by Crippen LogP contribution is -2.33. The second-order valence-corrected chi connectivity index (χ2v) is 4.81. The Labute approximate surface area is 113 Å². The first-order valence-electron chi connectivity index (χ1n) is 6.01. The van der Waals surface area contributed by atoms with Crippen LogP contribution in [0, 0.1) is 5.41 Å². The summed E-state index contributed by atoms with van der Waals surface area (Å²) in [5.74, 6) is 0.135. The van der Waals surface area contributed by atoms with Gasteiger partial charge in [0, 0.05) is 19.8 Å². The second-order valence-electron chi connectivity index (χ2n) is 4.81. The standard InChI is InChI=1S/C13H18N6/c1-18(2)10-7-5-9(6-8-10)15-11-12(14)16-17-13(11)19(3)4/h5-8,13-14H,1-4H3. The third kappa shape index (κ3) is 2.85. The summed E-state index contributed by atoms with van der Waals surface area (Å²) in [4.78, 5) is 8.40. The minimum absolute atomic E-state index is 0.135. The number of benzene rings is 1. The number of nitrogens with one attached hydrogen (secondary N) is 1. The number of hydrogen-bond acceptors (Lipinski definition) is 5. The van der Waals surface area contributed by atoms with E-state index in [1.54, 1.807) is 0 Å². The Morgan fingerprint density at radius 1 is 1.11 bits per heavy atom. The van der Waals surface area contributed by atoms with Crippen molar-refractivity contribution >= 4 is 22.9 Å². The molecule has 1 N–H and O–H groups in total. The van der Waals surface area contributed by atoms with Crippen molar-refractivity contribution in [1.29, 1.82) is 5.41 Å². The quantitative estimate of drug-likeness (QED) is 0.902. The Bertz CT molecular complexity index is 527. The highest BCUT2D eigenvalue weighted by Gasteiger charge is 2.27. The van der Waals surface area contributed by atoms with E-state index < -0.39 is 0 Å². The maximum absolute atomic E-state index is 7.76. The molecule has 19 heavy (non-hydrogen) atoms. The number of aliphatic imine (C=N–C) groups is 1. The number of azo groups is 1. The van der Waals surface area contributed by atoms with E-state index in [0.29, 0.717) is 5.71 Å². The molecule has 1 aliphatic rings. The summed E-state index contributed by atoms with van der Waals surface area (Å²) in [6.45, 7) is 0. The molecule has 1 aliphatic heterocycles. The largest absolute Gasteiger partial charge is 0.378 e. The molecule has 1 heterocycles. The Balaban J connectivity index is 2.27. The topological polar surface area (TPSA) is 67.4 Å². The maximum Gasteiger partial charge on any atom is 0.192 e. The van der Waals surface area contributed by atoms with Crippen LogP contribution in [0.25, 0.3) is 0 Å². The van der Waals surface area contributed by atoms with E-state index in [-0.39, 0.29) is 12.0 Å². The maximum atomic E-state index is 7.76. The van der Waals surface area contributed by atoms with Crippen molar-refractivity contribution in [2.24, 2.45) is 15.2 Å². The summed E-state index contributed by atoms with van der Waals surface area (Å²) in [5, 5.41) is 15.6. The summed E-state index contributed by atoms with van der Waals surface area (Å²) < 4.78 is 0. The smallest absolute Gasteiger partial charge is 0.192 e. The number of anilines is 1. The molecule has 1 aromatic carbocycles. The van der Waals surface area contributed by atoms with Crippen molar-refractivity contribution in [2.75, 3.05) is 33.1 Å². The zero-order chi connectivity index (χ0) is 14.0. The average Bonchev–Trinajstić information content (AvgIpc) is 2.72. The van der Waals surface area contributed by atoms with Gasteiger partial charge >= 0.3 is 0 Å². The van der Waals surface area contributed by atoms with Gasteiger partial charge in [-0.05, 0) is 38.4 Å². The molecule has 0 bridgehead atoms. The van der Waals surface area contributed by atoms with Crippen LogP contribution < -0.4 is 4.90 Å². The number of hydrogen-bond donors (Lipinski definition) is 1. The third-order valence-electron chi connectivity index (χ3n) is 2.86. The van der Waals surface area contributed by atoms with Gasteiger partial charge in [0.2, 0.25) is 0 Å². The van der Waals surface area contributed by atoms with Gasteiger partial charge in [0.05, 0.1) is 5.69 Å². The minimum atomic E-state index is -0.263. The molecule has 0 fully saturated rings. The molecule has 1 atom stereocenters. The molecule has 100 valence electrons. The molecule has 0 amide bonds. The monoisotopic (exact) mass is 258 g/mol. The van der Waals surface area contributed by atoms with Crippen molar-refractivity contribution in [3.63, 3.8) is 0 Å². The van der Waals surface area contributed by atoms with Gasteiger partial charge in [-0.25, -0.2) is 4.99 Å². The predicted octanol–water partition coefficient (Wildman–Crippen LogP) is 2.16. The van der Waals surface area contributed by atoms with E-state index in [0.717, 1.165) is 11.4 Å². The minimum Gasteiger partial charge on any atom is -0.378 e. The lowest BCUT2D eigenvalue weighted by Gasteiger charge is -2.15. The highest BCUT2D eigenvalue weighted by molar-refractivity contribution is 6.44. The molecule has 0 radical (unpaired) electrons. The van der Waals surface area contributed by atoms with Crippen molar-refractivity contribution in [1.82, 2.24) is 4.90 Å². The summed E-state index contributed by atoms with van der Waals surface area (Å²) in [7, 11) is 7.78. The first-order chi connectivity index (χ1) is 8.99. The fourth-order valence-electron chi connectivity index (χ4n) is 1.76. The van der Waals surface area contributed by atoms with Crippen LogP contribution >= 0.6 is 0 Å². The Morgan fingerprint density at radius 3 is 2.26 bits per heavy atom. The van der Waals surface area contributed by atoms with Crippen LogP contribution in [-0.4, -0.2) is 50.8 Å². The Hall–Kier alpha value is -2.08. The van der Waals surface area contributed by atoms with Gasteiger partial charge in [-0.1, -0.05) is 0 Å². The van der Waals surface area contributed by atoms with Crippen molar-refractivity contribution in [3.8, 4) is 0 Å². The van der Waals surface area contributed by atoms with Gasteiger partial charge in [-0.15, -0.1) is 5.11 Å². The molecule has 1 unspecified atom stereocenters. The van der Waals surface area contributed by atoms with Crippen LogP contribution in [0.3, 0.4) is 0 Å². The van der Waals surface area contributed by atoms with E-state index in [4.69, 9.17) is 5.41 Å². The molecule has 6 heteroatoms. The Kier molecular flexibility index (Phi) is 3.71. The number of rotatable bonds is 3. The lowest BCUT2D eigenvalue weighted by atomic mass is 10.2. The van der Waals surface area contributed by atoms with Crippen molar-refractivity contribution in [2.45, 2.75) is 6.17 Å². The number of nitrogens with zero attached hydrogens (tertiary/aromatic N) is 5. The predicted molar refractivity (Wildman–Crippen MR) is 77.9 cm³/mol. The van der Waals surface area contributed by atoms with Crippen LogP contribution in [0.4, 0.5) is 11.4 Å². The zero-order valence-corrected chi connectivity index (χ0v) is 11.6. The molecule has 1 aromatic rings. The normalized spacial score (nSPS) is 20.6. The van der Waals surface area contributed by atoms with Gasteiger partial charge in [0.25, 0.3) is 0 Å². The van der Waals surface area contributed by atoms with Crippen LogP contribution in [-0.2, 0) is 0 Å². The first-order valence-corrected chi connectivity index (χ1v) is 6.01. The fourth-order valence-corrected chi connectivity index (χ4v) is 1.76. The van der Waals surface area contributed by atoms with Crippen molar-refractivity contribution in [3.05, 3.63) is 24.3 Å².